The predicted molar refractivity (Wildman–Crippen MR) is 70.4 cm³/mol. The molecule has 1 heterocycles. The number of hydrogen-bond acceptors (Lipinski definition) is 5. The standard InChI is InChI=1S/C12H19F3N4O/c1-4-8(2)19(5-6-20-3)10-7-9(16)17-11(18-10)12(13,14)15/h7-8H,4-6H2,1-3H3,(H2,16,17,18). The van der Waals surface area contributed by atoms with Crippen molar-refractivity contribution in [2.24, 2.45) is 0 Å². The first-order chi connectivity index (χ1) is 9.29. The summed E-state index contributed by atoms with van der Waals surface area (Å²) in [6.07, 6.45) is -3.86. The number of ether oxygens (including phenoxy) is 1. The molecule has 0 saturated carbocycles. The molecule has 0 aliphatic heterocycles. The van der Waals surface area contributed by atoms with Crippen molar-refractivity contribution in [3.63, 3.8) is 0 Å². The predicted octanol–water partition coefficient (Wildman–Crippen LogP) is 2.33. The van der Waals surface area contributed by atoms with Crippen molar-refractivity contribution < 1.29 is 17.9 Å². The smallest absolute Gasteiger partial charge is 0.384 e. The van der Waals surface area contributed by atoms with Gasteiger partial charge in [0.25, 0.3) is 0 Å². The molecule has 0 saturated heterocycles. The summed E-state index contributed by atoms with van der Waals surface area (Å²) >= 11 is 0. The molecule has 1 aromatic rings. The fraction of sp³-hybridized carbons (Fsp3) is 0.667. The number of nitrogen functional groups attached to an aromatic ring is 1. The zero-order valence-electron chi connectivity index (χ0n) is 11.7. The third kappa shape index (κ3) is 4.22. The Bertz CT molecular complexity index is 439. The van der Waals surface area contributed by atoms with Crippen molar-refractivity contribution in [3.05, 3.63) is 11.9 Å². The van der Waals surface area contributed by atoms with E-state index in [1.807, 2.05) is 13.8 Å². The molecule has 0 aliphatic carbocycles. The first-order valence-electron chi connectivity index (χ1n) is 6.27. The molecule has 1 atom stereocenters. The topological polar surface area (TPSA) is 64.3 Å². The number of alkyl halides is 3. The second-order valence-corrected chi connectivity index (χ2v) is 4.42. The van der Waals surface area contributed by atoms with Crippen molar-refractivity contribution in [1.29, 1.82) is 0 Å². The first kappa shape index (κ1) is 16.5. The van der Waals surface area contributed by atoms with Crippen LogP contribution in [0.15, 0.2) is 6.07 Å². The largest absolute Gasteiger partial charge is 0.451 e. The molecule has 2 N–H and O–H groups in total. The van der Waals surface area contributed by atoms with E-state index in [9.17, 15) is 13.2 Å². The van der Waals surface area contributed by atoms with Crippen LogP contribution in [0.2, 0.25) is 0 Å². The van der Waals surface area contributed by atoms with Crippen LogP contribution in [0.3, 0.4) is 0 Å². The molecule has 8 heteroatoms. The van der Waals surface area contributed by atoms with E-state index in [-0.39, 0.29) is 17.7 Å². The molecule has 1 rings (SSSR count). The summed E-state index contributed by atoms with van der Waals surface area (Å²) in [5.74, 6) is -1.26. The number of halogens is 3. The zero-order chi connectivity index (χ0) is 15.3. The first-order valence-corrected chi connectivity index (χ1v) is 6.27. The summed E-state index contributed by atoms with van der Waals surface area (Å²) in [5, 5.41) is 0. The van der Waals surface area contributed by atoms with Crippen LogP contribution in [0.4, 0.5) is 24.8 Å². The third-order valence-electron chi connectivity index (χ3n) is 2.94. The van der Waals surface area contributed by atoms with Gasteiger partial charge in [-0.2, -0.15) is 13.2 Å². The highest BCUT2D eigenvalue weighted by Gasteiger charge is 2.36. The summed E-state index contributed by atoms with van der Waals surface area (Å²) in [4.78, 5) is 8.55. The second kappa shape index (κ2) is 6.74. The Morgan fingerprint density at radius 1 is 1.40 bits per heavy atom. The Morgan fingerprint density at radius 3 is 2.55 bits per heavy atom. The minimum Gasteiger partial charge on any atom is -0.384 e. The van der Waals surface area contributed by atoms with Gasteiger partial charge in [-0.15, -0.1) is 0 Å². The number of nitrogens with two attached hydrogens (primary N) is 1. The lowest BCUT2D eigenvalue weighted by Gasteiger charge is -2.29. The number of nitrogens with zero attached hydrogens (tertiary/aromatic N) is 3. The molecule has 5 nitrogen and oxygen atoms in total. The Balaban J connectivity index is 3.15. The van der Waals surface area contributed by atoms with E-state index < -0.39 is 12.0 Å². The van der Waals surface area contributed by atoms with Crippen LogP contribution >= 0.6 is 0 Å². The highest BCUT2D eigenvalue weighted by atomic mass is 19.4. The fourth-order valence-corrected chi connectivity index (χ4v) is 1.70. The number of hydrogen-bond donors (Lipinski definition) is 1. The van der Waals surface area contributed by atoms with Gasteiger partial charge in [0.2, 0.25) is 5.82 Å². The number of rotatable bonds is 6. The van der Waals surface area contributed by atoms with Crippen LogP contribution in [0.25, 0.3) is 0 Å². The van der Waals surface area contributed by atoms with Crippen molar-refractivity contribution >= 4 is 11.6 Å². The molecule has 0 bridgehead atoms. The lowest BCUT2D eigenvalue weighted by molar-refractivity contribution is -0.144. The van der Waals surface area contributed by atoms with Gasteiger partial charge in [0, 0.05) is 25.8 Å². The molecule has 0 amide bonds. The minimum atomic E-state index is -4.62. The Morgan fingerprint density at radius 2 is 2.05 bits per heavy atom. The van der Waals surface area contributed by atoms with E-state index in [0.29, 0.717) is 13.2 Å². The molecule has 0 aromatic carbocycles. The van der Waals surface area contributed by atoms with E-state index in [4.69, 9.17) is 10.5 Å². The van der Waals surface area contributed by atoms with E-state index in [1.54, 1.807) is 4.90 Å². The summed E-state index contributed by atoms with van der Waals surface area (Å²) in [5.41, 5.74) is 5.46. The van der Waals surface area contributed by atoms with Crippen molar-refractivity contribution in [2.45, 2.75) is 32.5 Å². The third-order valence-corrected chi connectivity index (χ3v) is 2.94. The highest BCUT2D eigenvalue weighted by Crippen LogP contribution is 2.29. The van der Waals surface area contributed by atoms with E-state index >= 15 is 0 Å². The summed E-state index contributed by atoms with van der Waals surface area (Å²) in [6.45, 7) is 4.66. The van der Waals surface area contributed by atoms with Crippen molar-refractivity contribution in [3.8, 4) is 0 Å². The maximum atomic E-state index is 12.7. The van der Waals surface area contributed by atoms with Gasteiger partial charge in [0.15, 0.2) is 0 Å². The van der Waals surface area contributed by atoms with Crippen molar-refractivity contribution in [1.82, 2.24) is 9.97 Å². The monoisotopic (exact) mass is 292 g/mol. The molecule has 114 valence electrons. The van der Waals surface area contributed by atoms with Gasteiger partial charge in [0.1, 0.15) is 11.6 Å². The van der Waals surface area contributed by atoms with Gasteiger partial charge in [0.05, 0.1) is 6.61 Å². The van der Waals surface area contributed by atoms with Crippen LogP contribution < -0.4 is 10.6 Å². The molecule has 0 spiro atoms. The quantitative estimate of drug-likeness (QED) is 0.871. The van der Waals surface area contributed by atoms with Gasteiger partial charge in [-0.3, -0.25) is 0 Å². The van der Waals surface area contributed by atoms with Gasteiger partial charge in [-0.25, -0.2) is 9.97 Å². The van der Waals surface area contributed by atoms with Crippen molar-refractivity contribution in [2.75, 3.05) is 30.9 Å². The lowest BCUT2D eigenvalue weighted by atomic mass is 10.2. The van der Waals surface area contributed by atoms with Gasteiger partial charge < -0.3 is 15.4 Å². The molecule has 0 radical (unpaired) electrons. The molecule has 0 aliphatic rings. The number of anilines is 2. The van der Waals surface area contributed by atoms with Gasteiger partial charge in [-0.1, -0.05) is 6.92 Å². The van der Waals surface area contributed by atoms with Crippen LogP contribution in [-0.2, 0) is 10.9 Å². The number of methoxy groups -OCH3 is 1. The van der Waals surface area contributed by atoms with E-state index in [1.165, 1.54) is 13.2 Å². The average molecular weight is 292 g/mol. The van der Waals surface area contributed by atoms with Crippen LogP contribution in [0, 0.1) is 0 Å². The van der Waals surface area contributed by atoms with Crippen LogP contribution in [0.1, 0.15) is 26.1 Å². The number of aromatic nitrogens is 2. The van der Waals surface area contributed by atoms with Crippen LogP contribution in [-0.4, -0.2) is 36.3 Å². The molecule has 1 aromatic heterocycles. The average Bonchev–Trinajstić information content (AvgIpc) is 2.37. The zero-order valence-corrected chi connectivity index (χ0v) is 11.7. The summed E-state index contributed by atoms with van der Waals surface area (Å²) in [7, 11) is 1.53. The van der Waals surface area contributed by atoms with Crippen LogP contribution in [0.5, 0.6) is 0 Å². The maximum absolute atomic E-state index is 12.7. The lowest BCUT2D eigenvalue weighted by Crippen LogP contribution is -2.36. The molecular formula is C12H19F3N4O. The molecular weight excluding hydrogens is 273 g/mol. The fourth-order valence-electron chi connectivity index (χ4n) is 1.70. The SMILES string of the molecule is CCC(C)N(CCOC)c1cc(N)nc(C(F)(F)F)n1. The minimum absolute atomic E-state index is 0.0144. The van der Waals surface area contributed by atoms with Gasteiger partial charge >= 0.3 is 6.18 Å². The normalized spacial score (nSPS) is 13.3. The Labute approximate surface area is 116 Å². The van der Waals surface area contributed by atoms with E-state index in [0.717, 1.165) is 6.42 Å². The Hall–Kier alpha value is -1.57. The van der Waals surface area contributed by atoms with E-state index in [2.05, 4.69) is 9.97 Å². The maximum Gasteiger partial charge on any atom is 0.451 e. The molecule has 0 fully saturated rings. The Kier molecular flexibility index (Phi) is 5.55. The van der Waals surface area contributed by atoms with Gasteiger partial charge in [-0.05, 0) is 13.3 Å². The highest BCUT2D eigenvalue weighted by molar-refractivity contribution is 5.48. The molecule has 1 unspecified atom stereocenters. The molecule has 20 heavy (non-hydrogen) atoms. The second-order valence-electron chi connectivity index (χ2n) is 4.42. The summed E-state index contributed by atoms with van der Waals surface area (Å²) in [6, 6.07) is 1.36. The summed E-state index contributed by atoms with van der Waals surface area (Å²) < 4.78 is 43.1.